The second kappa shape index (κ2) is 7.38. The van der Waals surface area contributed by atoms with Gasteiger partial charge in [-0.2, -0.15) is 0 Å². The summed E-state index contributed by atoms with van der Waals surface area (Å²) in [6, 6.07) is 24.8. The number of carbonyl (C=O) groups excluding carboxylic acids is 1. The zero-order valence-electron chi connectivity index (χ0n) is 12.9. The monoisotopic (exact) mass is 317 g/mol. The molecule has 0 radical (unpaired) electrons. The summed E-state index contributed by atoms with van der Waals surface area (Å²) in [7, 11) is 0. The van der Waals surface area contributed by atoms with Gasteiger partial charge in [0.2, 0.25) is 0 Å². The van der Waals surface area contributed by atoms with Crippen LogP contribution in [-0.4, -0.2) is 5.91 Å². The summed E-state index contributed by atoms with van der Waals surface area (Å²) >= 11 is 0. The number of hydrogen-bond donors (Lipinski definition) is 1. The molecular formula is C21H16FNO. The van der Waals surface area contributed by atoms with E-state index >= 15 is 0 Å². The molecule has 1 amide bonds. The van der Waals surface area contributed by atoms with Gasteiger partial charge in [0.1, 0.15) is 5.82 Å². The molecule has 0 saturated heterocycles. The molecule has 0 aliphatic rings. The Labute approximate surface area is 140 Å². The second-order valence-corrected chi connectivity index (χ2v) is 5.30. The molecule has 0 bridgehead atoms. The van der Waals surface area contributed by atoms with Crippen molar-refractivity contribution in [3.8, 4) is 0 Å². The Morgan fingerprint density at radius 2 is 1.38 bits per heavy atom. The predicted octanol–water partition coefficient (Wildman–Crippen LogP) is 5.01. The summed E-state index contributed by atoms with van der Waals surface area (Å²) < 4.78 is 13.0. The number of carbonyl (C=O) groups is 1. The van der Waals surface area contributed by atoms with E-state index in [0.29, 0.717) is 11.3 Å². The van der Waals surface area contributed by atoms with E-state index in [-0.39, 0.29) is 11.7 Å². The molecule has 0 aromatic heterocycles. The number of benzene rings is 3. The molecule has 2 nitrogen and oxygen atoms in total. The Morgan fingerprint density at radius 3 is 2.00 bits per heavy atom. The van der Waals surface area contributed by atoms with Gasteiger partial charge in [-0.15, -0.1) is 0 Å². The fraction of sp³-hybridized carbons (Fsp3) is 0. The lowest BCUT2D eigenvalue weighted by molar-refractivity contribution is -0.111. The number of halogens is 1. The first kappa shape index (κ1) is 15.7. The highest BCUT2D eigenvalue weighted by molar-refractivity contribution is 6.29. The molecule has 0 atom stereocenters. The van der Waals surface area contributed by atoms with E-state index in [1.54, 1.807) is 12.1 Å². The Bertz CT molecular complexity index is 840. The molecule has 3 heteroatoms. The van der Waals surface area contributed by atoms with Crippen molar-refractivity contribution in [2.75, 3.05) is 5.32 Å². The molecule has 0 heterocycles. The first-order valence-electron chi connectivity index (χ1n) is 7.61. The normalized spacial score (nSPS) is 11.1. The summed E-state index contributed by atoms with van der Waals surface area (Å²) in [5, 5.41) is 2.81. The Morgan fingerprint density at radius 1 is 0.792 bits per heavy atom. The maximum atomic E-state index is 13.0. The van der Waals surface area contributed by atoms with E-state index in [2.05, 4.69) is 5.32 Å². The smallest absolute Gasteiger partial charge is 0.256 e. The molecule has 1 N–H and O–H groups in total. The van der Waals surface area contributed by atoms with E-state index < -0.39 is 0 Å². The highest BCUT2D eigenvalue weighted by Gasteiger charge is 2.12. The number of nitrogens with one attached hydrogen (secondary N) is 1. The Balaban J connectivity index is 1.94. The standard InChI is InChI=1S/C21H16FNO/c22-18-11-13-19(14-12-18)23-21(24)20(17-9-5-2-6-10-17)15-16-7-3-1-4-8-16/h1-15H,(H,23,24)/b20-15+. The second-order valence-electron chi connectivity index (χ2n) is 5.30. The molecule has 0 spiro atoms. The number of anilines is 1. The van der Waals surface area contributed by atoms with Gasteiger partial charge in [0, 0.05) is 11.3 Å². The van der Waals surface area contributed by atoms with Gasteiger partial charge in [-0.3, -0.25) is 4.79 Å². The molecule has 0 unspecified atom stereocenters. The highest BCUT2D eigenvalue weighted by Crippen LogP contribution is 2.20. The van der Waals surface area contributed by atoms with Crippen LogP contribution in [-0.2, 0) is 4.79 Å². The first-order valence-corrected chi connectivity index (χ1v) is 7.61. The van der Waals surface area contributed by atoms with Crippen LogP contribution in [0.3, 0.4) is 0 Å². The lowest BCUT2D eigenvalue weighted by Crippen LogP contribution is -2.13. The number of rotatable bonds is 4. The van der Waals surface area contributed by atoms with Crippen LogP contribution in [0.1, 0.15) is 11.1 Å². The molecule has 0 aliphatic heterocycles. The number of amides is 1. The summed E-state index contributed by atoms with van der Waals surface area (Å²) in [6.07, 6.45) is 1.84. The summed E-state index contributed by atoms with van der Waals surface area (Å²) in [6.45, 7) is 0. The molecule has 0 saturated carbocycles. The lowest BCUT2D eigenvalue weighted by Gasteiger charge is -2.10. The maximum Gasteiger partial charge on any atom is 0.256 e. The van der Waals surface area contributed by atoms with Crippen LogP contribution < -0.4 is 5.32 Å². The molecule has 3 rings (SSSR count). The molecule has 3 aromatic carbocycles. The van der Waals surface area contributed by atoms with Gasteiger partial charge >= 0.3 is 0 Å². The van der Waals surface area contributed by atoms with Crippen LogP contribution >= 0.6 is 0 Å². The average molecular weight is 317 g/mol. The fourth-order valence-electron chi connectivity index (χ4n) is 2.35. The molecule has 118 valence electrons. The van der Waals surface area contributed by atoms with E-state index in [9.17, 15) is 9.18 Å². The minimum atomic E-state index is -0.337. The average Bonchev–Trinajstić information content (AvgIpc) is 2.63. The largest absolute Gasteiger partial charge is 0.322 e. The minimum Gasteiger partial charge on any atom is -0.322 e. The topological polar surface area (TPSA) is 29.1 Å². The molecular weight excluding hydrogens is 301 g/mol. The van der Waals surface area contributed by atoms with Gasteiger partial charge in [0.05, 0.1) is 0 Å². The van der Waals surface area contributed by atoms with E-state index in [1.807, 2.05) is 66.7 Å². The van der Waals surface area contributed by atoms with Crippen molar-refractivity contribution in [3.05, 3.63) is 102 Å². The van der Waals surface area contributed by atoms with Gasteiger partial charge in [0.25, 0.3) is 5.91 Å². The van der Waals surface area contributed by atoms with Gasteiger partial charge in [-0.05, 0) is 41.5 Å². The van der Waals surface area contributed by atoms with Crippen LogP contribution in [0.15, 0.2) is 84.9 Å². The van der Waals surface area contributed by atoms with Crippen molar-refractivity contribution in [1.82, 2.24) is 0 Å². The highest BCUT2D eigenvalue weighted by atomic mass is 19.1. The van der Waals surface area contributed by atoms with Crippen LogP contribution in [0, 0.1) is 5.82 Å². The van der Waals surface area contributed by atoms with Crippen molar-refractivity contribution < 1.29 is 9.18 Å². The van der Waals surface area contributed by atoms with E-state index in [0.717, 1.165) is 11.1 Å². The van der Waals surface area contributed by atoms with Crippen molar-refractivity contribution in [3.63, 3.8) is 0 Å². The third kappa shape index (κ3) is 3.96. The van der Waals surface area contributed by atoms with Gasteiger partial charge in [0.15, 0.2) is 0 Å². The van der Waals surface area contributed by atoms with E-state index in [1.165, 1.54) is 12.1 Å². The van der Waals surface area contributed by atoms with Crippen molar-refractivity contribution >= 4 is 23.2 Å². The van der Waals surface area contributed by atoms with Crippen LogP contribution in [0.5, 0.6) is 0 Å². The van der Waals surface area contributed by atoms with Gasteiger partial charge in [-0.25, -0.2) is 4.39 Å². The maximum absolute atomic E-state index is 13.0. The zero-order valence-corrected chi connectivity index (χ0v) is 12.9. The van der Waals surface area contributed by atoms with Crippen LogP contribution in [0.25, 0.3) is 11.6 Å². The van der Waals surface area contributed by atoms with Crippen LogP contribution in [0.2, 0.25) is 0 Å². The third-order valence-electron chi connectivity index (χ3n) is 3.54. The van der Waals surface area contributed by atoms with Crippen molar-refractivity contribution in [2.24, 2.45) is 0 Å². The lowest BCUT2D eigenvalue weighted by atomic mass is 10.0. The Kier molecular flexibility index (Phi) is 4.82. The summed E-state index contributed by atoms with van der Waals surface area (Å²) in [5.41, 5.74) is 2.86. The summed E-state index contributed by atoms with van der Waals surface area (Å²) in [5.74, 6) is -0.576. The van der Waals surface area contributed by atoms with Gasteiger partial charge in [-0.1, -0.05) is 60.7 Å². The minimum absolute atomic E-state index is 0.239. The third-order valence-corrected chi connectivity index (χ3v) is 3.54. The van der Waals surface area contributed by atoms with Gasteiger partial charge < -0.3 is 5.32 Å². The van der Waals surface area contributed by atoms with Crippen LogP contribution in [0.4, 0.5) is 10.1 Å². The quantitative estimate of drug-likeness (QED) is 0.532. The molecule has 0 fully saturated rings. The zero-order chi connectivity index (χ0) is 16.8. The molecule has 24 heavy (non-hydrogen) atoms. The Hall–Kier alpha value is -3.20. The number of hydrogen-bond acceptors (Lipinski definition) is 1. The molecule has 3 aromatic rings. The SMILES string of the molecule is O=C(Nc1ccc(F)cc1)/C(=C/c1ccccc1)c1ccccc1. The van der Waals surface area contributed by atoms with Crippen molar-refractivity contribution in [1.29, 1.82) is 0 Å². The van der Waals surface area contributed by atoms with E-state index in [4.69, 9.17) is 0 Å². The predicted molar refractivity (Wildman–Crippen MR) is 95.8 cm³/mol. The fourth-order valence-corrected chi connectivity index (χ4v) is 2.35. The first-order chi connectivity index (χ1) is 11.7. The summed E-state index contributed by atoms with van der Waals surface area (Å²) in [4.78, 5) is 12.7. The van der Waals surface area contributed by atoms with Crippen molar-refractivity contribution in [2.45, 2.75) is 0 Å². The molecule has 0 aliphatic carbocycles.